The molecule has 0 aliphatic rings. The molecule has 0 saturated carbocycles. The lowest BCUT2D eigenvalue weighted by atomic mass is 10.3. The van der Waals surface area contributed by atoms with Crippen molar-refractivity contribution in [2.75, 3.05) is 45.7 Å². The normalized spacial score (nSPS) is 10.6. The summed E-state index contributed by atoms with van der Waals surface area (Å²) in [5.41, 5.74) is 0.493. The van der Waals surface area contributed by atoms with Crippen molar-refractivity contribution in [2.24, 2.45) is 0 Å². The third-order valence-corrected chi connectivity index (χ3v) is 2.75. The molecule has 0 aliphatic carbocycles. The van der Waals surface area contributed by atoms with Gasteiger partial charge in [-0.25, -0.2) is 9.78 Å². The average Bonchev–Trinajstić information content (AvgIpc) is 2.38. The van der Waals surface area contributed by atoms with Gasteiger partial charge in [-0.1, -0.05) is 0 Å². The van der Waals surface area contributed by atoms with E-state index in [1.165, 1.54) is 0 Å². The number of ether oxygens (including phenoxy) is 1. The number of nitrogens with zero attached hydrogens (tertiary/aromatic N) is 3. The van der Waals surface area contributed by atoms with Crippen LogP contribution in [0.2, 0.25) is 0 Å². The van der Waals surface area contributed by atoms with E-state index < -0.39 is 0 Å². The Morgan fingerprint density at radius 2 is 2.00 bits per heavy atom. The number of esters is 1. The number of aromatic nitrogens is 1. The zero-order chi connectivity index (χ0) is 14.3. The van der Waals surface area contributed by atoms with Gasteiger partial charge in [0.15, 0.2) is 0 Å². The van der Waals surface area contributed by atoms with E-state index in [-0.39, 0.29) is 5.97 Å². The highest BCUT2D eigenvalue weighted by Gasteiger charge is 2.08. The van der Waals surface area contributed by atoms with Crippen molar-refractivity contribution in [3.8, 4) is 0 Å². The van der Waals surface area contributed by atoms with Crippen LogP contribution in [0.15, 0.2) is 18.3 Å². The van der Waals surface area contributed by atoms with E-state index in [2.05, 4.69) is 28.9 Å². The molecular weight excluding hydrogens is 242 g/mol. The molecule has 0 radical (unpaired) electrons. The average molecular weight is 265 g/mol. The topological polar surface area (TPSA) is 45.7 Å². The number of rotatable bonds is 7. The number of carbonyl (C=O) groups excluding carboxylic acids is 1. The molecule has 0 aromatic carbocycles. The maximum atomic E-state index is 11.5. The Morgan fingerprint density at radius 3 is 2.53 bits per heavy atom. The maximum absolute atomic E-state index is 11.5. The van der Waals surface area contributed by atoms with Gasteiger partial charge in [0.2, 0.25) is 0 Å². The van der Waals surface area contributed by atoms with Crippen LogP contribution in [0.1, 0.15) is 23.7 Å². The van der Waals surface area contributed by atoms with Gasteiger partial charge in [-0.15, -0.1) is 0 Å². The Kier molecular flexibility index (Phi) is 6.29. The van der Waals surface area contributed by atoms with Crippen LogP contribution < -0.4 is 4.90 Å². The minimum atomic E-state index is -0.322. The summed E-state index contributed by atoms with van der Waals surface area (Å²) in [6.45, 7) is 4.15. The standard InChI is InChI=1S/C14H23N3O2/c1-5-19-14(18)12-7-8-13(15-11-12)17(4)10-6-9-16(2)3/h7-8,11H,5-6,9-10H2,1-4H3. The van der Waals surface area contributed by atoms with E-state index in [1.54, 1.807) is 19.2 Å². The van der Waals surface area contributed by atoms with Crippen molar-refractivity contribution in [1.82, 2.24) is 9.88 Å². The lowest BCUT2D eigenvalue weighted by Crippen LogP contribution is -2.24. The monoisotopic (exact) mass is 265 g/mol. The molecule has 0 amide bonds. The van der Waals surface area contributed by atoms with Gasteiger partial charge in [-0.3, -0.25) is 0 Å². The zero-order valence-corrected chi connectivity index (χ0v) is 12.2. The predicted molar refractivity (Wildman–Crippen MR) is 76.6 cm³/mol. The summed E-state index contributed by atoms with van der Waals surface area (Å²) < 4.78 is 4.92. The molecule has 1 heterocycles. The zero-order valence-electron chi connectivity index (χ0n) is 12.2. The molecule has 0 bridgehead atoms. The van der Waals surface area contributed by atoms with Gasteiger partial charge >= 0.3 is 5.97 Å². The minimum Gasteiger partial charge on any atom is -0.462 e. The molecule has 19 heavy (non-hydrogen) atoms. The smallest absolute Gasteiger partial charge is 0.339 e. The van der Waals surface area contributed by atoms with Crippen LogP contribution in [0.25, 0.3) is 0 Å². The lowest BCUT2D eigenvalue weighted by molar-refractivity contribution is 0.0526. The third-order valence-electron chi connectivity index (χ3n) is 2.75. The molecule has 0 atom stereocenters. The Morgan fingerprint density at radius 1 is 1.26 bits per heavy atom. The summed E-state index contributed by atoms with van der Waals surface area (Å²) in [5, 5.41) is 0. The van der Waals surface area contributed by atoms with Gasteiger partial charge in [-0.05, 0) is 46.1 Å². The largest absolute Gasteiger partial charge is 0.462 e. The molecule has 0 unspecified atom stereocenters. The van der Waals surface area contributed by atoms with Crippen LogP contribution in [0, 0.1) is 0 Å². The van der Waals surface area contributed by atoms with Crippen LogP contribution in [-0.2, 0) is 4.74 Å². The second-order valence-electron chi connectivity index (χ2n) is 4.70. The molecule has 0 spiro atoms. The molecule has 0 fully saturated rings. The van der Waals surface area contributed by atoms with Gasteiger partial charge < -0.3 is 14.5 Å². The predicted octanol–water partition coefficient (Wildman–Crippen LogP) is 1.65. The summed E-state index contributed by atoms with van der Waals surface area (Å²) in [5.74, 6) is 0.545. The fourth-order valence-electron chi connectivity index (χ4n) is 1.69. The first-order valence-electron chi connectivity index (χ1n) is 6.53. The lowest BCUT2D eigenvalue weighted by Gasteiger charge is -2.19. The van der Waals surface area contributed by atoms with Gasteiger partial charge in [-0.2, -0.15) is 0 Å². The Labute approximate surface area is 115 Å². The highest BCUT2D eigenvalue weighted by molar-refractivity contribution is 5.89. The van der Waals surface area contributed by atoms with E-state index >= 15 is 0 Å². The van der Waals surface area contributed by atoms with Gasteiger partial charge in [0.25, 0.3) is 0 Å². The molecule has 1 aromatic heterocycles. The van der Waals surface area contributed by atoms with Crippen molar-refractivity contribution in [2.45, 2.75) is 13.3 Å². The molecule has 0 N–H and O–H groups in total. The number of hydrogen-bond donors (Lipinski definition) is 0. The van der Waals surface area contributed by atoms with E-state index in [0.717, 1.165) is 25.3 Å². The van der Waals surface area contributed by atoms with Crippen molar-refractivity contribution >= 4 is 11.8 Å². The summed E-state index contributed by atoms with van der Waals surface area (Å²) in [6.07, 6.45) is 2.64. The first-order chi connectivity index (χ1) is 9.04. The van der Waals surface area contributed by atoms with Crippen LogP contribution in [0.3, 0.4) is 0 Å². The molecule has 0 saturated heterocycles. The maximum Gasteiger partial charge on any atom is 0.339 e. The summed E-state index contributed by atoms with van der Waals surface area (Å²) in [6, 6.07) is 3.60. The Hall–Kier alpha value is -1.62. The number of hydrogen-bond acceptors (Lipinski definition) is 5. The van der Waals surface area contributed by atoms with Crippen molar-refractivity contribution in [3.63, 3.8) is 0 Å². The van der Waals surface area contributed by atoms with Gasteiger partial charge in [0.05, 0.1) is 12.2 Å². The molecule has 5 heteroatoms. The Bertz CT molecular complexity index is 390. The van der Waals surface area contributed by atoms with Crippen LogP contribution in [0.4, 0.5) is 5.82 Å². The third kappa shape index (κ3) is 5.26. The van der Waals surface area contributed by atoms with Crippen LogP contribution in [0.5, 0.6) is 0 Å². The number of carbonyl (C=O) groups is 1. The first-order valence-corrected chi connectivity index (χ1v) is 6.53. The van der Waals surface area contributed by atoms with Gasteiger partial charge in [0.1, 0.15) is 5.82 Å². The van der Waals surface area contributed by atoms with E-state index in [9.17, 15) is 4.79 Å². The number of anilines is 1. The van der Waals surface area contributed by atoms with E-state index in [4.69, 9.17) is 4.74 Å². The van der Waals surface area contributed by atoms with Crippen LogP contribution >= 0.6 is 0 Å². The van der Waals surface area contributed by atoms with E-state index in [1.807, 2.05) is 13.1 Å². The number of pyridine rings is 1. The fourth-order valence-corrected chi connectivity index (χ4v) is 1.69. The summed E-state index contributed by atoms with van der Waals surface area (Å²) in [4.78, 5) is 20.0. The second-order valence-corrected chi connectivity index (χ2v) is 4.70. The highest BCUT2D eigenvalue weighted by Crippen LogP contribution is 2.10. The first kappa shape index (κ1) is 15.4. The summed E-state index contributed by atoms with van der Waals surface area (Å²) >= 11 is 0. The van der Waals surface area contributed by atoms with Crippen molar-refractivity contribution in [1.29, 1.82) is 0 Å². The quantitative estimate of drug-likeness (QED) is 0.701. The molecule has 5 nitrogen and oxygen atoms in total. The molecule has 1 aromatic rings. The molecule has 106 valence electrons. The minimum absolute atomic E-state index is 0.322. The van der Waals surface area contributed by atoms with Crippen molar-refractivity contribution < 1.29 is 9.53 Å². The van der Waals surface area contributed by atoms with E-state index in [0.29, 0.717) is 12.2 Å². The molecular formula is C14H23N3O2. The Balaban J connectivity index is 2.53. The highest BCUT2D eigenvalue weighted by atomic mass is 16.5. The molecule has 0 aliphatic heterocycles. The van der Waals surface area contributed by atoms with Crippen LogP contribution in [-0.4, -0.2) is 56.7 Å². The second kappa shape index (κ2) is 7.74. The van der Waals surface area contributed by atoms with Crippen molar-refractivity contribution in [3.05, 3.63) is 23.9 Å². The SMILES string of the molecule is CCOC(=O)c1ccc(N(C)CCCN(C)C)nc1. The summed E-state index contributed by atoms with van der Waals surface area (Å²) in [7, 11) is 6.13. The van der Waals surface area contributed by atoms with Gasteiger partial charge in [0, 0.05) is 19.8 Å². The fraction of sp³-hybridized carbons (Fsp3) is 0.571. The molecule has 1 rings (SSSR count).